The third-order valence-corrected chi connectivity index (χ3v) is 7.91. The van der Waals surface area contributed by atoms with Crippen molar-refractivity contribution in [2.24, 2.45) is 0 Å². The zero-order valence-corrected chi connectivity index (χ0v) is 14.8. The first-order valence-corrected chi connectivity index (χ1v) is 9.79. The molecule has 0 aliphatic carbocycles. The Morgan fingerprint density at radius 3 is 1.71 bits per heavy atom. The SMILES string of the molecule is COc1ccccc1C(C)P(=O)(c1ccccc1)c1ccccc1. The van der Waals surface area contributed by atoms with Crippen LogP contribution in [-0.2, 0) is 4.57 Å². The van der Waals surface area contributed by atoms with E-state index in [0.29, 0.717) is 0 Å². The first-order chi connectivity index (χ1) is 11.7. The van der Waals surface area contributed by atoms with Gasteiger partial charge in [0.25, 0.3) is 0 Å². The maximum atomic E-state index is 14.3. The molecule has 3 aromatic rings. The molecule has 3 aromatic carbocycles. The van der Waals surface area contributed by atoms with Crippen molar-refractivity contribution in [3.63, 3.8) is 0 Å². The molecule has 0 radical (unpaired) electrons. The quantitative estimate of drug-likeness (QED) is 0.627. The summed E-state index contributed by atoms with van der Waals surface area (Å²) < 4.78 is 19.8. The van der Waals surface area contributed by atoms with E-state index in [2.05, 4.69) is 0 Å². The summed E-state index contributed by atoms with van der Waals surface area (Å²) in [5.41, 5.74) is 0.787. The van der Waals surface area contributed by atoms with Gasteiger partial charge in [0.1, 0.15) is 12.9 Å². The Balaban J connectivity index is 2.21. The summed E-state index contributed by atoms with van der Waals surface area (Å²) in [6, 6.07) is 27.3. The van der Waals surface area contributed by atoms with Crippen LogP contribution in [0.25, 0.3) is 0 Å². The van der Waals surface area contributed by atoms with Crippen molar-refractivity contribution in [2.45, 2.75) is 12.6 Å². The molecule has 0 aliphatic heterocycles. The number of rotatable bonds is 5. The van der Waals surface area contributed by atoms with Crippen molar-refractivity contribution in [3.05, 3.63) is 90.5 Å². The Morgan fingerprint density at radius 1 is 0.750 bits per heavy atom. The highest BCUT2D eigenvalue weighted by Gasteiger charge is 2.35. The second kappa shape index (κ2) is 7.07. The minimum absolute atomic E-state index is 0.182. The predicted octanol–water partition coefficient (Wildman–Crippen LogP) is 4.77. The normalized spacial score (nSPS) is 12.6. The van der Waals surface area contributed by atoms with Crippen LogP contribution in [0.2, 0.25) is 0 Å². The summed E-state index contributed by atoms with van der Waals surface area (Å²) in [4.78, 5) is 0. The first-order valence-electron chi connectivity index (χ1n) is 8.02. The van der Waals surface area contributed by atoms with Gasteiger partial charge in [0, 0.05) is 21.8 Å². The molecule has 1 atom stereocenters. The highest BCUT2D eigenvalue weighted by molar-refractivity contribution is 7.79. The fraction of sp³-hybridized carbons (Fsp3) is 0.143. The van der Waals surface area contributed by atoms with E-state index in [1.54, 1.807) is 7.11 Å². The van der Waals surface area contributed by atoms with Crippen LogP contribution in [-0.4, -0.2) is 7.11 Å². The van der Waals surface area contributed by atoms with Crippen LogP contribution in [0, 0.1) is 0 Å². The molecule has 0 saturated carbocycles. The van der Waals surface area contributed by atoms with Gasteiger partial charge in [-0.05, 0) is 6.07 Å². The van der Waals surface area contributed by atoms with E-state index in [-0.39, 0.29) is 5.66 Å². The molecule has 1 unspecified atom stereocenters. The van der Waals surface area contributed by atoms with Gasteiger partial charge in [0.05, 0.1) is 7.11 Å². The predicted molar refractivity (Wildman–Crippen MR) is 101 cm³/mol. The molecule has 0 spiro atoms. The average molecular weight is 336 g/mol. The largest absolute Gasteiger partial charge is 0.496 e. The summed E-state index contributed by atoms with van der Waals surface area (Å²) in [6.45, 7) is 2.03. The molecule has 0 aliphatic rings. The average Bonchev–Trinajstić information content (AvgIpc) is 2.68. The van der Waals surface area contributed by atoms with Gasteiger partial charge in [-0.1, -0.05) is 85.8 Å². The van der Waals surface area contributed by atoms with E-state index in [9.17, 15) is 4.57 Å². The molecule has 3 heteroatoms. The summed E-state index contributed by atoms with van der Waals surface area (Å²) >= 11 is 0. The van der Waals surface area contributed by atoms with Crippen molar-refractivity contribution in [3.8, 4) is 5.75 Å². The molecule has 0 bridgehead atoms. The molecule has 0 heterocycles. The van der Waals surface area contributed by atoms with Crippen molar-refractivity contribution < 1.29 is 9.30 Å². The van der Waals surface area contributed by atoms with Crippen molar-refractivity contribution in [1.29, 1.82) is 0 Å². The molecule has 122 valence electrons. The number of hydrogen-bond acceptors (Lipinski definition) is 2. The second-order valence-electron chi connectivity index (χ2n) is 5.75. The number of benzene rings is 3. The maximum Gasteiger partial charge on any atom is 0.150 e. The Kier molecular flexibility index (Phi) is 4.87. The van der Waals surface area contributed by atoms with Crippen molar-refractivity contribution in [1.82, 2.24) is 0 Å². The van der Waals surface area contributed by atoms with E-state index < -0.39 is 7.14 Å². The highest BCUT2D eigenvalue weighted by atomic mass is 31.2. The van der Waals surface area contributed by atoms with Gasteiger partial charge < -0.3 is 9.30 Å². The van der Waals surface area contributed by atoms with Crippen LogP contribution in [0.15, 0.2) is 84.9 Å². The van der Waals surface area contributed by atoms with E-state index in [1.807, 2.05) is 91.9 Å². The fourth-order valence-corrected chi connectivity index (χ4v) is 6.13. The standard InChI is InChI=1S/C21H21O2P/c1-17(20-15-9-10-16-21(20)23-2)24(22,18-11-5-3-6-12-18)19-13-7-4-8-14-19/h3-17H,1-2H3. The van der Waals surface area contributed by atoms with Gasteiger partial charge in [-0.3, -0.25) is 0 Å². The van der Waals surface area contributed by atoms with Gasteiger partial charge in [0.15, 0.2) is 0 Å². The fourth-order valence-electron chi connectivity index (χ4n) is 3.10. The molecular formula is C21H21O2P. The number of ether oxygens (including phenoxy) is 1. The number of hydrogen-bond donors (Lipinski definition) is 0. The molecule has 0 saturated heterocycles. The van der Waals surface area contributed by atoms with Crippen LogP contribution >= 0.6 is 7.14 Å². The molecule has 0 fully saturated rings. The van der Waals surface area contributed by atoms with E-state index in [0.717, 1.165) is 21.9 Å². The van der Waals surface area contributed by atoms with Crippen LogP contribution in [0.5, 0.6) is 5.75 Å². The van der Waals surface area contributed by atoms with E-state index in [4.69, 9.17) is 4.74 Å². The third-order valence-electron chi connectivity index (χ3n) is 4.41. The second-order valence-corrected chi connectivity index (χ2v) is 8.87. The van der Waals surface area contributed by atoms with Crippen molar-refractivity contribution in [2.75, 3.05) is 7.11 Å². The van der Waals surface area contributed by atoms with E-state index >= 15 is 0 Å². The third kappa shape index (κ3) is 2.90. The Labute approximate surface area is 143 Å². The number of para-hydroxylation sites is 1. The Hall–Kier alpha value is -2.31. The lowest BCUT2D eigenvalue weighted by Gasteiger charge is -2.27. The minimum atomic E-state index is -2.86. The molecule has 0 amide bonds. The van der Waals surface area contributed by atoms with Gasteiger partial charge in [-0.2, -0.15) is 0 Å². The van der Waals surface area contributed by atoms with Gasteiger partial charge >= 0.3 is 0 Å². The summed E-state index contributed by atoms with van der Waals surface area (Å²) in [6.07, 6.45) is 0. The first kappa shape index (κ1) is 16.5. The molecule has 2 nitrogen and oxygen atoms in total. The lowest BCUT2D eigenvalue weighted by atomic mass is 10.1. The van der Waals surface area contributed by atoms with Crippen LogP contribution < -0.4 is 15.3 Å². The minimum Gasteiger partial charge on any atom is -0.496 e. The maximum absolute atomic E-state index is 14.3. The van der Waals surface area contributed by atoms with Crippen LogP contribution in [0.4, 0.5) is 0 Å². The summed E-state index contributed by atoms with van der Waals surface area (Å²) in [7, 11) is -1.20. The van der Waals surface area contributed by atoms with Crippen LogP contribution in [0.3, 0.4) is 0 Å². The molecule has 3 rings (SSSR count). The van der Waals surface area contributed by atoms with Crippen molar-refractivity contribution >= 4 is 17.8 Å². The van der Waals surface area contributed by atoms with Gasteiger partial charge in [0.2, 0.25) is 0 Å². The van der Waals surface area contributed by atoms with Gasteiger partial charge in [-0.15, -0.1) is 0 Å². The molecule has 0 aromatic heterocycles. The monoisotopic (exact) mass is 336 g/mol. The summed E-state index contributed by atoms with van der Waals surface area (Å²) in [5.74, 6) is 0.775. The lowest BCUT2D eigenvalue weighted by Crippen LogP contribution is -2.20. The molecule has 24 heavy (non-hydrogen) atoms. The smallest absolute Gasteiger partial charge is 0.150 e. The van der Waals surface area contributed by atoms with Gasteiger partial charge in [-0.25, -0.2) is 0 Å². The van der Waals surface area contributed by atoms with E-state index in [1.165, 1.54) is 0 Å². The zero-order valence-electron chi connectivity index (χ0n) is 13.9. The Bertz CT molecular complexity index is 800. The zero-order chi connectivity index (χ0) is 17.0. The lowest BCUT2D eigenvalue weighted by molar-refractivity contribution is 0.409. The number of methoxy groups -OCH3 is 1. The molecule has 0 N–H and O–H groups in total. The van der Waals surface area contributed by atoms with Crippen LogP contribution in [0.1, 0.15) is 18.1 Å². The highest BCUT2D eigenvalue weighted by Crippen LogP contribution is 2.58. The molecular weight excluding hydrogens is 315 g/mol. The topological polar surface area (TPSA) is 26.3 Å². The summed E-state index contributed by atoms with van der Waals surface area (Å²) in [5, 5.41) is 1.74. The Morgan fingerprint density at radius 2 is 1.21 bits per heavy atom.